The number of fused-ring (bicyclic) bond motifs is 2. The number of nitrogens with two attached hydrogens (primary N) is 1. The van der Waals surface area contributed by atoms with Crippen molar-refractivity contribution in [2.45, 2.75) is 51.3 Å². The van der Waals surface area contributed by atoms with E-state index in [9.17, 15) is 13.2 Å². The van der Waals surface area contributed by atoms with Crippen LogP contribution in [-0.4, -0.2) is 43.7 Å². The average molecular weight is 304 g/mol. The summed E-state index contributed by atoms with van der Waals surface area (Å²) in [5.41, 5.74) is 5.56. The van der Waals surface area contributed by atoms with Crippen molar-refractivity contribution in [3.63, 3.8) is 0 Å². The Kier molecular flexibility index (Phi) is 4.03. The first kappa shape index (κ1) is 15.6. The van der Waals surface area contributed by atoms with Crippen molar-refractivity contribution in [1.29, 1.82) is 0 Å². The van der Waals surface area contributed by atoms with Gasteiger partial charge in [-0.2, -0.15) is 0 Å². The van der Waals surface area contributed by atoms with Crippen LogP contribution in [0.1, 0.15) is 33.6 Å². The van der Waals surface area contributed by atoms with E-state index < -0.39 is 21.5 Å². The van der Waals surface area contributed by atoms with E-state index in [-0.39, 0.29) is 35.4 Å². The van der Waals surface area contributed by atoms with E-state index in [2.05, 4.69) is 5.32 Å². The minimum Gasteiger partial charge on any atom is -0.444 e. The van der Waals surface area contributed by atoms with Crippen molar-refractivity contribution in [2.24, 2.45) is 17.6 Å². The molecular formula is C13H24N2O4S. The van der Waals surface area contributed by atoms with Crippen LogP contribution in [0.4, 0.5) is 4.79 Å². The largest absolute Gasteiger partial charge is 0.444 e. The number of carbonyl (C=O) groups is 1. The van der Waals surface area contributed by atoms with Crippen molar-refractivity contribution in [3.05, 3.63) is 0 Å². The number of hydrogen-bond donors (Lipinski definition) is 2. The molecule has 0 radical (unpaired) electrons. The number of carbonyl (C=O) groups excluding carboxylic acids is 1. The molecule has 0 aromatic heterocycles. The van der Waals surface area contributed by atoms with Crippen LogP contribution in [0.15, 0.2) is 0 Å². The summed E-state index contributed by atoms with van der Waals surface area (Å²) < 4.78 is 28.7. The minimum atomic E-state index is -2.98. The summed E-state index contributed by atoms with van der Waals surface area (Å²) in [6, 6.07) is -0.120. The van der Waals surface area contributed by atoms with Gasteiger partial charge in [-0.15, -0.1) is 0 Å². The van der Waals surface area contributed by atoms with Gasteiger partial charge in [0.15, 0.2) is 9.84 Å². The first-order valence-corrected chi connectivity index (χ1v) is 8.83. The van der Waals surface area contributed by atoms with Gasteiger partial charge in [0.25, 0.3) is 0 Å². The molecule has 1 amide bonds. The van der Waals surface area contributed by atoms with E-state index in [0.29, 0.717) is 12.8 Å². The van der Waals surface area contributed by atoms with Crippen LogP contribution in [0.25, 0.3) is 0 Å². The number of rotatable bonds is 1. The van der Waals surface area contributed by atoms with E-state index in [0.717, 1.165) is 0 Å². The Morgan fingerprint density at radius 3 is 2.15 bits per heavy atom. The van der Waals surface area contributed by atoms with Crippen LogP contribution in [0.2, 0.25) is 0 Å². The van der Waals surface area contributed by atoms with E-state index >= 15 is 0 Å². The molecule has 1 aliphatic heterocycles. The second-order valence-electron chi connectivity index (χ2n) is 6.99. The molecule has 2 bridgehead atoms. The molecule has 20 heavy (non-hydrogen) atoms. The summed E-state index contributed by atoms with van der Waals surface area (Å²) in [7, 11) is -2.98. The van der Waals surface area contributed by atoms with Crippen LogP contribution in [-0.2, 0) is 14.6 Å². The molecule has 1 heterocycles. The Morgan fingerprint density at radius 2 is 1.70 bits per heavy atom. The lowest BCUT2D eigenvalue weighted by molar-refractivity contribution is 0.0468. The van der Waals surface area contributed by atoms with Crippen molar-refractivity contribution in [1.82, 2.24) is 5.32 Å². The molecule has 116 valence electrons. The Bertz CT molecular complexity index is 461. The lowest BCUT2D eigenvalue weighted by Crippen LogP contribution is -2.57. The predicted octanol–water partition coefficient (Wildman–Crippen LogP) is 0.662. The number of nitrogens with one attached hydrogen (secondary N) is 1. The zero-order valence-electron chi connectivity index (χ0n) is 12.3. The molecule has 0 aromatic carbocycles. The number of alkyl carbamates (subject to hydrolysis) is 1. The molecule has 2 rings (SSSR count). The molecule has 3 N–H and O–H groups in total. The highest BCUT2D eigenvalue weighted by molar-refractivity contribution is 7.91. The van der Waals surface area contributed by atoms with Gasteiger partial charge in [-0.3, -0.25) is 0 Å². The van der Waals surface area contributed by atoms with Gasteiger partial charge in [0.1, 0.15) is 5.60 Å². The van der Waals surface area contributed by atoms with Gasteiger partial charge in [-0.1, -0.05) is 0 Å². The normalized spacial score (nSPS) is 36.2. The third-order valence-corrected chi connectivity index (χ3v) is 5.79. The van der Waals surface area contributed by atoms with Gasteiger partial charge in [0.2, 0.25) is 0 Å². The average Bonchev–Trinajstić information content (AvgIpc) is 2.18. The second-order valence-corrected chi connectivity index (χ2v) is 9.14. The van der Waals surface area contributed by atoms with Gasteiger partial charge in [0, 0.05) is 12.1 Å². The smallest absolute Gasteiger partial charge is 0.407 e. The molecular weight excluding hydrogens is 280 g/mol. The van der Waals surface area contributed by atoms with Crippen LogP contribution in [0, 0.1) is 11.8 Å². The number of sulfone groups is 1. The summed E-state index contributed by atoms with van der Waals surface area (Å²) in [6.45, 7) is 5.43. The third kappa shape index (κ3) is 3.85. The molecule has 2 atom stereocenters. The maximum Gasteiger partial charge on any atom is 0.407 e. The van der Waals surface area contributed by atoms with E-state index in [1.54, 1.807) is 0 Å². The topological polar surface area (TPSA) is 98.5 Å². The van der Waals surface area contributed by atoms with E-state index in [1.807, 2.05) is 20.8 Å². The van der Waals surface area contributed by atoms with Crippen LogP contribution < -0.4 is 11.1 Å². The van der Waals surface area contributed by atoms with Crippen molar-refractivity contribution in [3.8, 4) is 0 Å². The summed E-state index contributed by atoms with van der Waals surface area (Å²) in [4.78, 5) is 11.8. The van der Waals surface area contributed by atoms with Gasteiger partial charge in [-0.25, -0.2) is 13.2 Å². The van der Waals surface area contributed by atoms with Gasteiger partial charge in [-0.05, 0) is 45.4 Å². The molecule has 0 spiro atoms. The first-order valence-electron chi connectivity index (χ1n) is 7.01. The molecule has 0 aromatic rings. The van der Waals surface area contributed by atoms with Gasteiger partial charge >= 0.3 is 6.09 Å². The van der Waals surface area contributed by atoms with Crippen LogP contribution >= 0.6 is 0 Å². The minimum absolute atomic E-state index is 0.0462. The second kappa shape index (κ2) is 5.18. The Morgan fingerprint density at radius 1 is 1.20 bits per heavy atom. The number of amides is 1. The predicted molar refractivity (Wildman–Crippen MR) is 76.0 cm³/mol. The van der Waals surface area contributed by atoms with Crippen LogP contribution in [0.5, 0.6) is 0 Å². The summed E-state index contributed by atoms with van der Waals surface area (Å²) in [5.74, 6) is 0.147. The lowest BCUT2D eigenvalue weighted by Gasteiger charge is -2.43. The number of ether oxygens (including phenoxy) is 1. The SMILES string of the molecule is CC(C)(C)OC(=O)NC1C[C@@H]2CS(=O)(=O)C[C@@H](C1)C2N. The fourth-order valence-electron chi connectivity index (χ4n) is 3.20. The van der Waals surface area contributed by atoms with Crippen LogP contribution in [0.3, 0.4) is 0 Å². The standard InChI is InChI=1S/C13H24N2O4S/c1-13(2,3)19-12(16)15-10-4-8-6-20(17,18)7-9(5-10)11(8)14/h8-11H,4-7,14H2,1-3H3,(H,15,16)/t8-,9-,10?,11?/m1/s1. The lowest BCUT2D eigenvalue weighted by atomic mass is 9.76. The molecule has 7 heteroatoms. The van der Waals surface area contributed by atoms with Crippen molar-refractivity contribution < 1.29 is 17.9 Å². The zero-order valence-corrected chi connectivity index (χ0v) is 13.1. The fourth-order valence-corrected chi connectivity index (χ4v) is 5.35. The van der Waals surface area contributed by atoms with Gasteiger partial charge < -0.3 is 15.8 Å². The fraction of sp³-hybridized carbons (Fsp3) is 0.923. The van der Waals surface area contributed by atoms with Crippen molar-refractivity contribution in [2.75, 3.05) is 11.5 Å². The first-order chi connectivity index (χ1) is 9.06. The molecule has 2 aliphatic rings. The highest BCUT2D eigenvalue weighted by atomic mass is 32.2. The van der Waals surface area contributed by atoms with E-state index in [4.69, 9.17) is 10.5 Å². The number of hydrogen-bond acceptors (Lipinski definition) is 5. The highest BCUT2D eigenvalue weighted by Gasteiger charge is 2.44. The van der Waals surface area contributed by atoms with Crippen molar-refractivity contribution >= 4 is 15.9 Å². The maximum atomic E-state index is 11.8. The van der Waals surface area contributed by atoms with E-state index in [1.165, 1.54) is 0 Å². The Labute approximate surface area is 120 Å². The molecule has 0 unspecified atom stereocenters. The monoisotopic (exact) mass is 304 g/mol. The third-order valence-electron chi connectivity index (χ3n) is 3.92. The quantitative estimate of drug-likeness (QED) is 0.741. The molecule has 1 saturated carbocycles. The molecule has 2 fully saturated rings. The molecule has 1 saturated heterocycles. The van der Waals surface area contributed by atoms with Gasteiger partial charge in [0.05, 0.1) is 11.5 Å². The molecule has 1 aliphatic carbocycles. The molecule has 6 nitrogen and oxygen atoms in total. The summed E-state index contributed by atoms with van der Waals surface area (Å²) >= 11 is 0. The Balaban J connectivity index is 1.96. The summed E-state index contributed by atoms with van der Waals surface area (Å²) in [5, 5.41) is 2.84. The summed E-state index contributed by atoms with van der Waals surface area (Å²) in [6.07, 6.45) is 0.769. The maximum absolute atomic E-state index is 11.8. The zero-order chi connectivity index (χ0) is 15.1. The highest BCUT2D eigenvalue weighted by Crippen LogP contribution is 2.35. The Hall–Kier alpha value is -0.820.